The van der Waals surface area contributed by atoms with E-state index in [0.29, 0.717) is 12.5 Å². The molecule has 0 aromatic carbocycles. The van der Waals surface area contributed by atoms with Gasteiger partial charge in [0.1, 0.15) is 5.60 Å². The van der Waals surface area contributed by atoms with Gasteiger partial charge in [-0.1, -0.05) is 0 Å². The second kappa shape index (κ2) is 7.72. The lowest BCUT2D eigenvalue weighted by atomic mass is 9.74. The number of carbonyl (C=O) groups excluding carboxylic acids is 2. The van der Waals surface area contributed by atoms with E-state index < -0.39 is 11.1 Å². The van der Waals surface area contributed by atoms with Gasteiger partial charge in [0, 0.05) is 13.2 Å². The summed E-state index contributed by atoms with van der Waals surface area (Å²) in [4.78, 5) is 24.3. The molecule has 1 saturated carbocycles. The third-order valence-electron chi connectivity index (χ3n) is 4.74. The fourth-order valence-electron chi connectivity index (χ4n) is 3.40. The minimum Gasteiger partial charge on any atom is -0.460 e. The van der Waals surface area contributed by atoms with Crippen LogP contribution in [0.4, 0.5) is 4.79 Å². The molecule has 6 heteroatoms. The Hall–Kier alpha value is -1.30. The van der Waals surface area contributed by atoms with Crippen LogP contribution in [0.5, 0.6) is 0 Å². The van der Waals surface area contributed by atoms with Crippen molar-refractivity contribution >= 4 is 12.0 Å². The Morgan fingerprint density at radius 3 is 2.54 bits per heavy atom. The molecule has 2 unspecified atom stereocenters. The maximum absolute atomic E-state index is 12.2. The molecule has 2 aliphatic rings. The largest absolute Gasteiger partial charge is 0.460 e. The van der Waals surface area contributed by atoms with Crippen molar-refractivity contribution in [3.05, 3.63) is 0 Å². The lowest BCUT2D eigenvalue weighted by molar-refractivity contribution is -0.157. The number of urea groups is 1. The van der Waals surface area contributed by atoms with Gasteiger partial charge in [-0.25, -0.2) is 4.79 Å². The van der Waals surface area contributed by atoms with Crippen molar-refractivity contribution in [2.24, 2.45) is 5.92 Å². The number of esters is 1. The van der Waals surface area contributed by atoms with Gasteiger partial charge in [0.05, 0.1) is 18.1 Å². The van der Waals surface area contributed by atoms with E-state index in [-0.39, 0.29) is 24.5 Å². The van der Waals surface area contributed by atoms with Crippen LogP contribution in [0, 0.1) is 5.92 Å². The summed E-state index contributed by atoms with van der Waals surface area (Å²) in [5.41, 5.74) is -0.931. The van der Waals surface area contributed by atoms with Crippen LogP contribution >= 0.6 is 0 Å². The van der Waals surface area contributed by atoms with Gasteiger partial charge < -0.3 is 20.1 Å². The monoisotopic (exact) mass is 340 g/mol. The molecule has 2 N–H and O–H groups in total. The molecule has 1 aliphatic heterocycles. The molecule has 0 aromatic rings. The molecule has 2 fully saturated rings. The summed E-state index contributed by atoms with van der Waals surface area (Å²) in [6.07, 6.45) is 5.14. The summed E-state index contributed by atoms with van der Waals surface area (Å²) in [5, 5.41) is 5.98. The second-order valence-corrected chi connectivity index (χ2v) is 8.30. The number of nitrogens with one attached hydrogen (secondary N) is 2. The quantitative estimate of drug-likeness (QED) is 0.755. The summed E-state index contributed by atoms with van der Waals surface area (Å²) >= 11 is 0. The molecule has 0 aromatic heterocycles. The summed E-state index contributed by atoms with van der Waals surface area (Å²) < 4.78 is 10.9. The lowest BCUT2D eigenvalue weighted by Crippen LogP contribution is -2.58. The van der Waals surface area contributed by atoms with Crippen molar-refractivity contribution in [1.82, 2.24) is 10.6 Å². The molecule has 2 atom stereocenters. The van der Waals surface area contributed by atoms with Gasteiger partial charge in [-0.3, -0.25) is 4.79 Å². The summed E-state index contributed by atoms with van der Waals surface area (Å²) in [6.45, 7) is 9.05. The Bertz CT molecular complexity index is 454. The average molecular weight is 340 g/mol. The number of amides is 2. The Balaban J connectivity index is 1.77. The fourth-order valence-corrected chi connectivity index (χ4v) is 3.40. The van der Waals surface area contributed by atoms with E-state index in [4.69, 9.17) is 9.47 Å². The van der Waals surface area contributed by atoms with Gasteiger partial charge in [-0.15, -0.1) is 0 Å². The maximum Gasteiger partial charge on any atom is 0.315 e. The van der Waals surface area contributed by atoms with Crippen LogP contribution in [-0.2, 0) is 14.3 Å². The molecule has 0 radical (unpaired) electrons. The van der Waals surface area contributed by atoms with Crippen LogP contribution in [0.15, 0.2) is 0 Å². The number of carbonyl (C=O) groups is 2. The van der Waals surface area contributed by atoms with E-state index in [1.165, 1.54) is 0 Å². The molecular weight excluding hydrogens is 308 g/mol. The van der Waals surface area contributed by atoms with Gasteiger partial charge in [0.2, 0.25) is 0 Å². The number of ether oxygens (including phenoxy) is 2. The number of hydrogen-bond donors (Lipinski definition) is 2. The van der Waals surface area contributed by atoms with Gasteiger partial charge >= 0.3 is 12.0 Å². The van der Waals surface area contributed by atoms with Crippen LogP contribution in [-0.4, -0.2) is 42.4 Å². The zero-order valence-corrected chi connectivity index (χ0v) is 15.4. The first-order chi connectivity index (χ1) is 11.2. The Labute approximate surface area is 145 Å². The highest BCUT2D eigenvalue weighted by molar-refractivity contribution is 5.77. The molecule has 138 valence electrons. The van der Waals surface area contributed by atoms with E-state index in [2.05, 4.69) is 17.6 Å². The summed E-state index contributed by atoms with van der Waals surface area (Å²) in [6, 6.07) is -0.183. The van der Waals surface area contributed by atoms with E-state index in [1.54, 1.807) is 0 Å². The normalized spacial score (nSPS) is 26.2. The van der Waals surface area contributed by atoms with E-state index in [9.17, 15) is 9.59 Å². The van der Waals surface area contributed by atoms with Gasteiger partial charge in [0.25, 0.3) is 0 Å². The van der Waals surface area contributed by atoms with Crippen molar-refractivity contribution in [1.29, 1.82) is 0 Å². The van der Waals surface area contributed by atoms with Gasteiger partial charge in [-0.05, 0) is 65.7 Å². The predicted octanol–water partition coefficient (Wildman–Crippen LogP) is 2.76. The zero-order chi connectivity index (χ0) is 17.8. The molecule has 1 heterocycles. The molecule has 1 saturated heterocycles. The minimum atomic E-state index is -0.496. The van der Waals surface area contributed by atoms with E-state index >= 15 is 0 Å². The first kappa shape index (κ1) is 19.0. The molecule has 0 bridgehead atoms. The second-order valence-electron chi connectivity index (χ2n) is 8.30. The molecule has 1 aliphatic carbocycles. The minimum absolute atomic E-state index is 0.183. The Kier molecular flexibility index (Phi) is 6.12. The smallest absolute Gasteiger partial charge is 0.315 e. The fraction of sp³-hybridized carbons (Fsp3) is 0.889. The van der Waals surface area contributed by atoms with Gasteiger partial charge in [0.15, 0.2) is 0 Å². The van der Waals surface area contributed by atoms with Crippen LogP contribution in [0.3, 0.4) is 0 Å². The van der Waals surface area contributed by atoms with Crippen molar-refractivity contribution in [3.8, 4) is 0 Å². The van der Waals surface area contributed by atoms with Crippen LogP contribution < -0.4 is 10.6 Å². The van der Waals surface area contributed by atoms with E-state index in [0.717, 1.165) is 38.7 Å². The molecule has 24 heavy (non-hydrogen) atoms. The highest BCUT2D eigenvalue weighted by atomic mass is 16.6. The highest BCUT2D eigenvalue weighted by Gasteiger charge is 2.41. The predicted molar refractivity (Wildman–Crippen MR) is 91.7 cm³/mol. The van der Waals surface area contributed by atoms with Crippen molar-refractivity contribution < 1.29 is 19.1 Å². The highest BCUT2D eigenvalue weighted by Crippen LogP contribution is 2.35. The first-order valence-electron chi connectivity index (χ1n) is 9.07. The topological polar surface area (TPSA) is 76.7 Å². The lowest BCUT2D eigenvalue weighted by Gasteiger charge is -2.42. The van der Waals surface area contributed by atoms with Crippen LogP contribution in [0.1, 0.15) is 66.2 Å². The Morgan fingerprint density at radius 2 is 2.00 bits per heavy atom. The average Bonchev–Trinajstić information content (AvgIpc) is 2.41. The molecule has 0 spiro atoms. The number of rotatable bonds is 5. The SMILES string of the molecule is CC1CC(CNC(=O)NC2(CC(=O)OC(C)(C)C)CCC2)CCO1. The van der Waals surface area contributed by atoms with Gasteiger partial charge in [-0.2, -0.15) is 0 Å². The van der Waals surface area contributed by atoms with Crippen molar-refractivity contribution in [2.75, 3.05) is 13.2 Å². The Morgan fingerprint density at radius 1 is 1.29 bits per heavy atom. The molecule has 2 amide bonds. The summed E-state index contributed by atoms with van der Waals surface area (Å²) in [7, 11) is 0. The van der Waals surface area contributed by atoms with Crippen molar-refractivity contribution in [2.45, 2.75) is 83.5 Å². The standard InChI is InChI=1S/C18H32N2O4/c1-13-10-14(6-9-23-13)12-19-16(22)20-18(7-5-8-18)11-15(21)24-17(2,3)4/h13-14H,5-12H2,1-4H3,(H2,19,20,22). The van der Waals surface area contributed by atoms with Crippen LogP contribution in [0.25, 0.3) is 0 Å². The number of hydrogen-bond acceptors (Lipinski definition) is 4. The summed E-state index contributed by atoms with van der Waals surface area (Å²) in [5.74, 6) is 0.212. The van der Waals surface area contributed by atoms with Crippen molar-refractivity contribution in [3.63, 3.8) is 0 Å². The molecule has 6 nitrogen and oxygen atoms in total. The molecule has 2 rings (SSSR count). The maximum atomic E-state index is 12.2. The third-order valence-corrected chi connectivity index (χ3v) is 4.74. The zero-order valence-electron chi connectivity index (χ0n) is 15.4. The first-order valence-corrected chi connectivity index (χ1v) is 9.07. The van der Waals surface area contributed by atoms with Crippen LogP contribution in [0.2, 0.25) is 0 Å². The third kappa shape index (κ3) is 5.96. The van der Waals surface area contributed by atoms with E-state index in [1.807, 2.05) is 20.8 Å². The molecular formula is C18H32N2O4.